The number of rotatable bonds is 1. The number of nitrogens with one attached hydrogen (secondary N) is 1. The van der Waals surface area contributed by atoms with Crippen molar-refractivity contribution in [3.05, 3.63) is 18.0 Å². The zero-order valence-electron chi connectivity index (χ0n) is 9.28. The first-order valence-electron chi connectivity index (χ1n) is 5.03. The monoisotopic (exact) mass is 248 g/mol. The molecular formula is C10H17ClN2O3. The number of nitrogens with zero attached hydrogens (tertiary/aromatic N) is 1. The lowest BCUT2D eigenvalue weighted by Gasteiger charge is -2.08. The van der Waals surface area contributed by atoms with Crippen LogP contribution < -0.4 is 5.32 Å². The van der Waals surface area contributed by atoms with Gasteiger partial charge in [-0.15, -0.1) is 11.6 Å². The molecule has 5 nitrogen and oxygen atoms in total. The predicted octanol–water partition coefficient (Wildman–Crippen LogP) is 1.99. The van der Waals surface area contributed by atoms with E-state index in [4.69, 9.17) is 5.11 Å². The van der Waals surface area contributed by atoms with Gasteiger partial charge in [-0.1, -0.05) is 11.6 Å². The third-order valence-corrected chi connectivity index (χ3v) is 1.86. The summed E-state index contributed by atoms with van der Waals surface area (Å²) in [5.41, 5.74) is -0.0648. The van der Waals surface area contributed by atoms with E-state index in [1.54, 1.807) is 0 Å². The fraction of sp³-hybridized carbons (Fsp3) is 0.600. The SMILES string of the molecule is C1CCNCC1.CCl.O=C(O)c1ccon1. The molecule has 1 aliphatic rings. The number of hydrogen-bond donors (Lipinski definition) is 2. The Morgan fingerprint density at radius 2 is 2.06 bits per heavy atom. The summed E-state index contributed by atoms with van der Waals surface area (Å²) in [5, 5.41) is 14.6. The van der Waals surface area contributed by atoms with Gasteiger partial charge in [0.05, 0.1) is 0 Å². The second kappa shape index (κ2) is 10.4. The van der Waals surface area contributed by atoms with Crippen LogP contribution in [0.15, 0.2) is 16.9 Å². The van der Waals surface area contributed by atoms with Crippen molar-refractivity contribution in [2.45, 2.75) is 19.3 Å². The summed E-state index contributed by atoms with van der Waals surface area (Å²) in [7, 11) is 0. The molecule has 0 aromatic carbocycles. The van der Waals surface area contributed by atoms with E-state index in [2.05, 4.69) is 26.6 Å². The second-order valence-corrected chi connectivity index (χ2v) is 3.00. The molecule has 1 aromatic heterocycles. The third kappa shape index (κ3) is 7.25. The maximum absolute atomic E-state index is 9.94. The van der Waals surface area contributed by atoms with Crippen molar-refractivity contribution < 1.29 is 14.4 Å². The Balaban J connectivity index is 0.000000251. The molecule has 0 saturated carbocycles. The number of alkyl halides is 1. The highest BCUT2D eigenvalue weighted by Crippen LogP contribution is 1.96. The minimum absolute atomic E-state index is 0.0648. The fourth-order valence-corrected chi connectivity index (χ4v) is 1.12. The summed E-state index contributed by atoms with van der Waals surface area (Å²) < 4.78 is 4.24. The fourth-order valence-electron chi connectivity index (χ4n) is 1.12. The van der Waals surface area contributed by atoms with Crippen molar-refractivity contribution in [2.75, 3.05) is 19.5 Å². The number of aromatic nitrogens is 1. The first-order chi connectivity index (χ1) is 7.80. The Hall–Kier alpha value is -1.07. The summed E-state index contributed by atoms with van der Waals surface area (Å²) in [4.78, 5) is 9.94. The van der Waals surface area contributed by atoms with Crippen LogP contribution >= 0.6 is 11.6 Å². The van der Waals surface area contributed by atoms with Crippen molar-refractivity contribution in [1.82, 2.24) is 10.5 Å². The van der Waals surface area contributed by atoms with Gasteiger partial charge in [0.15, 0.2) is 5.69 Å². The van der Waals surface area contributed by atoms with Crippen molar-refractivity contribution in [1.29, 1.82) is 0 Å². The van der Waals surface area contributed by atoms with Crippen LogP contribution in [0.5, 0.6) is 0 Å². The molecule has 0 spiro atoms. The number of hydrogen-bond acceptors (Lipinski definition) is 4. The zero-order valence-corrected chi connectivity index (χ0v) is 10.0. The largest absolute Gasteiger partial charge is 0.476 e. The molecule has 6 heteroatoms. The number of aromatic carboxylic acids is 1. The molecule has 1 fully saturated rings. The summed E-state index contributed by atoms with van der Waals surface area (Å²) in [5.74, 6) is -1.07. The van der Waals surface area contributed by atoms with Crippen LogP contribution in [-0.2, 0) is 0 Å². The van der Waals surface area contributed by atoms with Gasteiger partial charge in [0.25, 0.3) is 0 Å². The molecule has 0 atom stereocenters. The van der Waals surface area contributed by atoms with E-state index in [1.807, 2.05) is 0 Å². The van der Waals surface area contributed by atoms with Gasteiger partial charge in [0, 0.05) is 12.4 Å². The normalized spacial score (nSPS) is 13.9. The quantitative estimate of drug-likeness (QED) is 0.744. The van der Waals surface area contributed by atoms with E-state index in [9.17, 15) is 4.79 Å². The molecule has 0 amide bonds. The molecule has 0 aliphatic carbocycles. The van der Waals surface area contributed by atoms with Crippen molar-refractivity contribution in [3.63, 3.8) is 0 Å². The van der Waals surface area contributed by atoms with E-state index < -0.39 is 5.97 Å². The Bertz CT molecular complexity index is 250. The minimum Gasteiger partial charge on any atom is -0.476 e. The summed E-state index contributed by atoms with van der Waals surface area (Å²) >= 11 is 4.64. The van der Waals surface area contributed by atoms with Crippen LogP contribution in [0.1, 0.15) is 29.8 Å². The second-order valence-electron chi connectivity index (χ2n) is 3.00. The smallest absolute Gasteiger partial charge is 0.358 e. The zero-order chi connectivity index (χ0) is 12.2. The standard InChI is InChI=1S/C5H11N.C4H3NO3.CH3Cl/c1-2-4-6-5-3-1;6-4(7)3-1-2-8-5-3;1-2/h6H,1-5H2;1-2H,(H,6,7);1H3. The molecule has 1 aromatic rings. The Labute approximate surface area is 99.8 Å². The van der Waals surface area contributed by atoms with Crippen LogP contribution in [0, 0.1) is 0 Å². The van der Waals surface area contributed by atoms with E-state index in [0.717, 1.165) is 0 Å². The van der Waals surface area contributed by atoms with Gasteiger partial charge in [-0.3, -0.25) is 0 Å². The van der Waals surface area contributed by atoms with E-state index >= 15 is 0 Å². The molecule has 16 heavy (non-hydrogen) atoms. The van der Waals surface area contributed by atoms with Gasteiger partial charge in [0.2, 0.25) is 0 Å². The summed E-state index contributed by atoms with van der Waals surface area (Å²) in [6.45, 7) is 2.50. The van der Waals surface area contributed by atoms with Gasteiger partial charge in [-0.2, -0.15) is 0 Å². The topological polar surface area (TPSA) is 75.4 Å². The molecule has 2 rings (SSSR count). The van der Waals surface area contributed by atoms with Gasteiger partial charge in [-0.05, 0) is 25.9 Å². The highest BCUT2D eigenvalue weighted by Gasteiger charge is 2.02. The Morgan fingerprint density at radius 1 is 1.44 bits per heavy atom. The van der Waals surface area contributed by atoms with Crippen LogP contribution in [0.2, 0.25) is 0 Å². The van der Waals surface area contributed by atoms with E-state index in [-0.39, 0.29) is 5.69 Å². The van der Waals surface area contributed by atoms with Crippen molar-refractivity contribution in [2.24, 2.45) is 0 Å². The molecule has 1 aliphatic heterocycles. The average molecular weight is 249 g/mol. The Kier molecular flexibility index (Phi) is 9.75. The summed E-state index contributed by atoms with van der Waals surface area (Å²) in [6.07, 6.45) is 6.90. The maximum atomic E-state index is 9.94. The molecule has 92 valence electrons. The van der Waals surface area contributed by atoms with Crippen LogP contribution in [0.25, 0.3) is 0 Å². The molecule has 2 heterocycles. The first kappa shape index (κ1) is 14.9. The number of piperidine rings is 1. The van der Waals surface area contributed by atoms with Crippen LogP contribution in [-0.4, -0.2) is 35.7 Å². The lowest BCUT2D eigenvalue weighted by atomic mass is 10.2. The number of carbonyl (C=O) groups is 1. The minimum atomic E-state index is -1.07. The van der Waals surface area contributed by atoms with Gasteiger partial charge in [-0.25, -0.2) is 4.79 Å². The summed E-state index contributed by atoms with van der Waals surface area (Å²) in [6, 6.07) is 1.28. The van der Waals surface area contributed by atoms with Gasteiger partial charge >= 0.3 is 5.97 Å². The third-order valence-electron chi connectivity index (χ3n) is 1.86. The van der Waals surface area contributed by atoms with E-state index in [0.29, 0.717) is 0 Å². The van der Waals surface area contributed by atoms with Crippen molar-refractivity contribution >= 4 is 17.6 Å². The number of carboxylic acids is 1. The highest BCUT2D eigenvalue weighted by atomic mass is 35.5. The van der Waals surface area contributed by atoms with Crippen LogP contribution in [0.4, 0.5) is 0 Å². The first-order valence-corrected chi connectivity index (χ1v) is 5.78. The maximum Gasteiger partial charge on any atom is 0.358 e. The molecule has 0 radical (unpaired) electrons. The lowest BCUT2D eigenvalue weighted by Crippen LogP contribution is -2.21. The molecule has 2 N–H and O–H groups in total. The Morgan fingerprint density at radius 3 is 2.25 bits per heavy atom. The lowest BCUT2D eigenvalue weighted by molar-refractivity contribution is 0.0685. The number of carboxylic acid groups (broad SMARTS) is 1. The average Bonchev–Trinajstić information content (AvgIpc) is 2.88. The molecular weight excluding hydrogens is 232 g/mol. The van der Waals surface area contributed by atoms with Crippen molar-refractivity contribution in [3.8, 4) is 0 Å². The highest BCUT2D eigenvalue weighted by molar-refractivity contribution is 6.15. The molecule has 0 unspecified atom stereocenters. The molecule has 0 bridgehead atoms. The van der Waals surface area contributed by atoms with E-state index in [1.165, 1.54) is 51.1 Å². The van der Waals surface area contributed by atoms with Gasteiger partial charge in [0.1, 0.15) is 6.26 Å². The predicted molar refractivity (Wildman–Crippen MR) is 62.0 cm³/mol. The van der Waals surface area contributed by atoms with Crippen LogP contribution in [0.3, 0.4) is 0 Å². The molecule has 1 saturated heterocycles. The number of halogens is 1. The van der Waals surface area contributed by atoms with Gasteiger partial charge < -0.3 is 14.9 Å².